The van der Waals surface area contributed by atoms with Gasteiger partial charge in [-0.25, -0.2) is 4.39 Å². The van der Waals surface area contributed by atoms with E-state index in [1.807, 2.05) is 12.1 Å². The predicted molar refractivity (Wildman–Crippen MR) is 67.4 cm³/mol. The van der Waals surface area contributed by atoms with Crippen molar-refractivity contribution < 1.29 is 9.13 Å². The molecule has 0 N–H and O–H groups in total. The average molecular weight is 237 g/mol. The van der Waals surface area contributed by atoms with E-state index in [-0.39, 0.29) is 6.67 Å². The van der Waals surface area contributed by atoms with Crippen LogP contribution >= 0.6 is 0 Å². The van der Waals surface area contributed by atoms with Crippen LogP contribution in [0.5, 0.6) is 5.75 Å². The topological polar surface area (TPSA) is 12.5 Å². The standard InChI is InChI=1S/C14H20FNO/c1-17-14-6-4-12(5-7-14)13-3-2-9-16(11-13)10-8-15/h4-7,13H,2-3,8-11H2,1H3. The molecule has 1 aromatic carbocycles. The Hall–Kier alpha value is -1.09. The fraction of sp³-hybridized carbons (Fsp3) is 0.571. The average Bonchev–Trinajstić information content (AvgIpc) is 2.40. The molecule has 0 aliphatic carbocycles. The first-order chi connectivity index (χ1) is 8.33. The van der Waals surface area contributed by atoms with Crippen molar-refractivity contribution in [2.45, 2.75) is 18.8 Å². The maximum Gasteiger partial charge on any atom is 0.118 e. The van der Waals surface area contributed by atoms with Crippen LogP contribution in [-0.2, 0) is 0 Å². The molecule has 1 fully saturated rings. The molecule has 17 heavy (non-hydrogen) atoms. The third-order valence-electron chi connectivity index (χ3n) is 3.49. The highest BCUT2D eigenvalue weighted by atomic mass is 19.1. The second-order valence-corrected chi connectivity index (χ2v) is 4.60. The van der Waals surface area contributed by atoms with Crippen LogP contribution in [0.4, 0.5) is 4.39 Å². The lowest BCUT2D eigenvalue weighted by molar-refractivity contribution is 0.193. The van der Waals surface area contributed by atoms with Gasteiger partial charge in [-0.2, -0.15) is 0 Å². The van der Waals surface area contributed by atoms with Crippen molar-refractivity contribution in [2.75, 3.05) is 33.4 Å². The Morgan fingerprint density at radius 3 is 2.76 bits per heavy atom. The van der Waals surface area contributed by atoms with Crippen LogP contribution in [0.15, 0.2) is 24.3 Å². The van der Waals surface area contributed by atoms with Crippen molar-refractivity contribution in [3.05, 3.63) is 29.8 Å². The van der Waals surface area contributed by atoms with E-state index in [1.54, 1.807) is 7.11 Å². The minimum Gasteiger partial charge on any atom is -0.497 e. The molecule has 0 saturated carbocycles. The Kier molecular flexibility index (Phi) is 4.37. The highest BCUT2D eigenvalue weighted by molar-refractivity contribution is 5.29. The summed E-state index contributed by atoms with van der Waals surface area (Å²) in [7, 11) is 1.68. The van der Waals surface area contributed by atoms with E-state index >= 15 is 0 Å². The number of alkyl halides is 1. The summed E-state index contributed by atoms with van der Waals surface area (Å²) in [5.41, 5.74) is 1.34. The van der Waals surface area contributed by atoms with Crippen molar-refractivity contribution in [3.8, 4) is 5.75 Å². The van der Waals surface area contributed by atoms with Crippen LogP contribution in [0.2, 0.25) is 0 Å². The summed E-state index contributed by atoms with van der Waals surface area (Å²) in [4.78, 5) is 2.22. The number of hydrogen-bond donors (Lipinski definition) is 0. The first-order valence-corrected chi connectivity index (χ1v) is 6.25. The van der Waals surface area contributed by atoms with E-state index in [0.29, 0.717) is 12.5 Å². The highest BCUT2D eigenvalue weighted by Crippen LogP contribution is 2.27. The summed E-state index contributed by atoms with van der Waals surface area (Å²) in [5, 5.41) is 0. The van der Waals surface area contributed by atoms with Crippen LogP contribution in [0.1, 0.15) is 24.3 Å². The molecule has 0 aromatic heterocycles. The number of halogens is 1. The molecular weight excluding hydrogens is 217 g/mol. The van der Waals surface area contributed by atoms with E-state index < -0.39 is 0 Å². The molecule has 1 aliphatic heterocycles. The zero-order chi connectivity index (χ0) is 12.1. The first-order valence-electron chi connectivity index (χ1n) is 6.25. The lowest BCUT2D eigenvalue weighted by Gasteiger charge is -2.32. The smallest absolute Gasteiger partial charge is 0.118 e. The molecule has 3 heteroatoms. The van der Waals surface area contributed by atoms with Crippen LogP contribution in [0.3, 0.4) is 0 Å². The summed E-state index contributed by atoms with van der Waals surface area (Å²) < 4.78 is 17.5. The van der Waals surface area contributed by atoms with Crippen molar-refractivity contribution in [1.82, 2.24) is 4.90 Å². The quantitative estimate of drug-likeness (QED) is 0.798. The molecule has 1 aromatic rings. The van der Waals surface area contributed by atoms with E-state index in [1.165, 1.54) is 12.0 Å². The van der Waals surface area contributed by atoms with Gasteiger partial charge in [-0.3, -0.25) is 0 Å². The Bertz CT molecular complexity index is 337. The molecule has 94 valence electrons. The number of methoxy groups -OCH3 is 1. The minimum atomic E-state index is -0.241. The normalized spacial score (nSPS) is 21.4. The summed E-state index contributed by atoms with van der Waals surface area (Å²) >= 11 is 0. The van der Waals surface area contributed by atoms with E-state index in [9.17, 15) is 4.39 Å². The summed E-state index contributed by atoms with van der Waals surface area (Å²) in [6.45, 7) is 2.36. The van der Waals surface area contributed by atoms with Gasteiger partial charge < -0.3 is 9.64 Å². The van der Waals surface area contributed by atoms with Gasteiger partial charge in [-0.15, -0.1) is 0 Å². The van der Waals surface area contributed by atoms with Crippen molar-refractivity contribution in [2.24, 2.45) is 0 Å². The van der Waals surface area contributed by atoms with Gasteiger partial charge in [-0.1, -0.05) is 12.1 Å². The van der Waals surface area contributed by atoms with Crippen LogP contribution < -0.4 is 4.74 Å². The first kappa shape index (κ1) is 12.4. The Balaban J connectivity index is 2.00. The van der Waals surface area contributed by atoms with Crippen molar-refractivity contribution >= 4 is 0 Å². The molecule has 1 heterocycles. The second kappa shape index (κ2) is 6.01. The molecule has 0 spiro atoms. The lowest BCUT2D eigenvalue weighted by atomic mass is 9.90. The van der Waals surface area contributed by atoms with Crippen LogP contribution in [0.25, 0.3) is 0 Å². The van der Waals surface area contributed by atoms with Gasteiger partial charge >= 0.3 is 0 Å². The van der Waals surface area contributed by atoms with Gasteiger partial charge in [0.05, 0.1) is 7.11 Å². The summed E-state index contributed by atoms with van der Waals surface area (Å²) in [6.07, 6.45) is 2.37. The Labute approximate surface area is 102 Å². The van der Waals surface area contributed by atoms with Gasteiger partial charge in [-0.05, 0) is 43.0 Å². The number of likely N-dealkylation sites (tertiary alicyclic amines) is 1. The van der Waals surface area contributed by atoms with Gasteiger partial charge in [0.2, 0.25) is 0 Å². The molecule has 2 nitrogen and oxygen atoms in total. The maximum absolute atomic E-state index is 12.3. The zero-order valence-electron chi connectivity index (χ0n) is 10.4. The number of benzene rings is 1. The molecule has 1 unspecified atom stereocenters. The van der Waals surface area contributed by atoms with E-state index in [2.05, 4.69) is 17.0 Å². The van der Waals surface area contributed by atoms with E-state index in [4.69, 9.17) is 4.74 Å². The fourth-order valence-corrected chi connectivity index (χ4v) is 2.53. The molecule has 1 aliphatic rings. The molecule has 1 saturated heterocycles. The van der Waals surface area contributed by atoms with Crippen molar-refractivity contribution in [3.63, 3.8) is 0 Å². The third-order valence-corrected chi connectivity index (χ3v) is 3.49. The number of nitrogens with zero attached hydrogens (tertiary/aromatic N) is 1. The van der Waals surface area contributed by atoms with E-state index in [0.717, 1.165) is 25.3 Å². The highest BCUT2D eigenvalue weighted by Gasteiger charge is 2.20. The SMILES string of the molecule is COc1ccc(C2CCCN(CCF)C2)cc1. The molecular formula is C14H20FNO. The fourth-order valence-electron chi connectivity index (χ4n) is 2.53. The van der Waals surface area contributed by atoms with Gasteiger partial charge in [0.15, 0.2) is 0 Å². The zero-order valence-corrected chi connectivity index (χ0v) is 10.4. The molecule has 0 radical (unpaired) electrons. The van der Waals surface area contributed by atoms with Crippen LogP contribution in [-0.4, -0.2) is 38.3 Å². The summed E-state index contributed by atoms with van der Waals surface area (Å²) in [6, 6.07) is 8.26. The third kappa shape index (κ3) is 3.19. The summed E-state index contributed by atoms with van der Waals surface area (Å²) in [5.74, 6) is 1.44. The Morgan fingerprint density at radius 1 is 1.35 bits per heavy atom. The Morgan fingerprint density at radius 2 is 2.12 bits per heavy atom. The molecule has 0 amide bonds. The largest absolute Gasteiger partial charge is 0.497 e. The van der Waals surface area contributed by atoms with Gasteiger partial charge in [0.1, 0.15) is 12.4 Å². The predicted octanol–water partition coefficient (Wildman–Crippen LogP) is 2.84. The number of piperidine rings is 1. The molecule has 2 rings (SSSR count). The second-order valence-electron chi connectivity index (χ2n) is 4.60. The molecule has 1 atom stereocenters. The number of ether oxygens (including phenoxy) is 1. The minimum absolute atomic E-state index is 0.241. The van der Waals surface area contributed by atoms with Gasteiger partial charge in [0.25, 0.3) is 0 Å². The number of hydrogen-bond acceptors (Lipinski definition) is 2. The molecule has 0 bridgehead atoms. The van der Waals surface area contributed by atoms with Crippen molar-refractivity contribution in [1.29, 1.82) is 0 Å². The van der Waals surface area contributed by atoms with Gasteiger partial charge in [0, 0.05) is 13.1 Å². The lowest BCUT2D eigenvalue weighted by Crippen LogP contribution is -2.35. The maximum atomic E-state index is 12.3. The monoisotopic (exact) mass is 237 g/mol. The number of rotatable bonds is 4. The van der Waals surface area contributed by atoms with Crippen LogP contribution in [0, 0.1) is 0 Å².